The summed E-state index contributed by atoms with van der Waals surface area (Å²) in [5.41, 5.74) is 1.61. The molecule has 1 aromatic heterocycles. The van der Waals surface area contributed by atoms with E-state index in [0.717, 1.165) is 42.9 Å². The molecular formula is C20H24F3N3O. The normalized spacial score (nSPS) is 18.6. The van der Waals surface area contributed by atoms with Gasteiger partial charge in [0.2, 0.25) is 0 Å². The number of aromatic nitrogens is 2. The third kappa shape index (κ3) is 4.40. The van der Waals surface area contributed by atoms with Crippen LogP contribution in [-0.2, 0) is 19.3 Å². The van der Waals surface area contributed by atoms with Gasteiger partial charge in [-0.3, -0.25) is 14.4 Å². The van der Waals surface area contributed by atoms with Gasteiger partial charge in [0.25, 0.3) is 0 Å². The van der Waals surface area contributed by atoms with Crippen LogP contribution in [-0.4, -0.2) is 33.6 Å². The van der Waals surface area contributed by atoms with E-state index in [1.807, 2.05) is 24.7 Å². The zero-order valence-electron chi connectivity index (χ0n) is 15.6. The molecule has 3 rings (SSSR count). The van der Waals surface area contributed by atoms with E-state index in [-0.39, 0.29) is 17.3 Å². The lowest BCUT2D eigenvalue weighted by atomic mass is 9.89. The van der Waals surface area contributed by atoms with Crippen LogP contribution in [0.25, 0.3) is 0 Å². The van der Waals surface area contributed by atoms with Crippen LogP contribution in [0.15, 0.2) is 30.5 Å². The summed E-state index contributed by atoms with van der Waals surface area (Å²) in [7, 11) is 0. The van der Waals surface area contributed by atoms with Gasteiger partial charge in [-0.1, -0.05) is 12.1 Å². The van der Waals surface area contributed by atoms with Gasteiger partial charge in [0.1, 0.15) is 0 Å². The highest BCUT2D eigenvalue weighted by atomic mass is 19.4. The first kappa shape index (κ1) is 19.6. The van der Waals surface area contributed by atoms with Crippen LogP contribution in [0.2, 0.25) is 0 Å². The molecule has 0 N–H and O–H groups in total. The Bertz CT molecular complexity index is 813. The zero-order valence-corrected chi connectivity index (χ0v) is 15.6. The summed E-state index contributed by atoms with van der Waals surface area (Å²) in [6, 6.07) is 4.75. The lowest BCUT2D eigenvalue weighted by Crippen LogP contribution is -2.38. The van der Waals surface area contributed by atoms with Gasteiger partial charge in [-0.05, 0) is 45.4 Å². The maximum absolute atomic E-state index is 12.9. The summed E-state index contributed by atoms with van der Waals surface area (Å²) < 4.78 is 40.7. The van der Waals surface area contributed by atoms with E-state index in [9.17, 15) is 18.0 Å². The van der Waals surface area contributed by atoms with Crippen LogP contribution in [0.5, 0.6) is 0 Å². The molecule has 2 aromatic rings. The van der Waals surface area contributed by atoms with Gasteiger partial charge >= 0.3 is 6.18 Å². The third-order valence-electron chi connectivity index (χ3n) is 5.25. The topological polar surface area (TPSA) is 38.1 Å². The highest BCUT2D eigenvalue weighted by Crippen LogP contribution is 2.31. The summed E-state index contributed by atoms with van der Waals surface area (Å²) >= 11 is 0. The first-order valence-electron chi connectivity index (χ1n) is 9.24. The Morgan fingerprint density at radius 2 is 2.11 bits per heavy atom. The number of halogens is 3. The molecule has 1 fully saturated rings. The summed E-state index contributed by atoms with van der Waals surface area (Å²) in [6.45, 7) is 7.02. The predicted octanol–water partition coefficient (Wildman–Crippen LogP) is 4.33. The Labute approximate surface area is 157 Å². The molecule has 4 nitrogen and oxygen atoms in total. The monoisotopic (exact) mass is 379 g/mol. The zero-order chi connectivity index (χ0) is 19.6. The summed E-state index contributed by atoms with van der Waals surface area (Å²) in [5.74, 6) is -0.476. The molecule has 0 aliphatic carbocycles. The number of ketones is 1. The fourth-order valence-electron chi connectivity index (χ4n) is 3.70. The van der Waals surface area contributed by atoms with Crippen molar-refractivity contribution in [1.82, 2.24) is 14.7 Å². The van der Waals surface area contributed by atoms with Crippen LogP contribution < -0.4 is 0 Å². The smallest absolute Gasteiger partial charge is 0.298 e. The number of carbonyl (C=O) groups is 1. The standard InChI is InChI=1S/C20H24F3N3O/c1-3-26-14(2)17(11-24-26)13-25-9-5-7-16(12-25)19(27)15-6-4-8-18(10-15)20(21,22)23/h4,6,8,10-11,16H,3,5,7,9,12-13H2,1-2H3/t16-/m0/s1. The van der Waals surface area contributed by atoms with Crippen LogP contribution in [0.3, 0.4) is 0 Å². The molecule has 0 unspecified atom stereocenters. The van der Waals surface area contributed by atoms with E-state index in [1.54, 1.807) is 0 Å². The van der Waals surface area contributed by atoms with Crippen molar-refractivity contribution in [1.29, 1.82) is 0 Å². The number of likely N-dealkylation sites (tertiary alicyclic amines) is 1. The number of rotatable bonds is 5. The maximum Gasteiger partial charge on any atom is 0.416 e. The summed E-state index contributed by atoms with van der Waals surface area (Å²) in [4.78, 5) is 15.0. The van der Waals surface area contributed by atoms with Crippen molar-refractivity contribution in [3.05, 3.63) is 52.8 Å². The lowest BCUT2D eigenvalue weighted by Gasteiger charge is -2.32. The molecule has 0 radical (unpaired) electrons. The van der Waals surface area contributed by atoms with Crippen molar-refractivity contribution in [2.24, 2.45) is 5.92 Å². The number of hydrogen-bond donors (Lipinski definition) is 0. The summed E-state index contributed by atoms with van der Waals surface area (Å²) in [6.07, 6.45) is -1.02. The first-order chi connectivity index (χ1) is 12.8. The SMILES string of the molecule is CCn1ncc(CN2CCC[C@H](C(=O)c3cccc(C(F)(F)F)c3)C2)c1C. The fraction of sp³-hybridized carbons (Fsp3) is 0.500. The van der Waals surface area contributed by atoms with Crippen molar-refractivity contribution in [2.75, 3.05) is 13.1 Å². The maximum atomic E-state index is 12.9. The first-order valence-corrected chi connectivity index (χ1v) is 9.24. The molecule has 0 amide bonds. The van der Waals surface area contributed by atoms with Gasteiger partial charge in [-0.15, -0.1) is 0 Å². The van der Waals surface area contributed by atoms with Crippen LogP contribution in [0, 0.1) is 12.8 Å². The molecule has 0 spiro atoms. The molecule has 1 atom stereocenters. The molecule has 2 heterocycles. The second-order valence-corrected chi connectivity index (χ2v) is 7.09. The number of alkyl halides is 3. The van der Waals surface area contributed by atoms with E-state index in [1.165, 1.54) is 12.1 Å². The number of Topliss-reactive ketones (excluding diaryl/α,β-unsaturated/α-hetero) is 1. The van der Waals surface area contributed by atoms with Gasteiger partial charge in [0.05, 0.1) is 11.8 Å². The Morgan fingerprint density at radius 3 is 2.78 bits per heavy atom. The molecule has 0 saturated carbocycles. The molecule has 7 heteroatoms. The molecule has 1 aromatic carbocycles. The quantitative estimate of drug-likeness (QED) is 0.726. The van der Waals surface area contributed by atoms with Crippen molar-refractivity contribution in [3.8, 4) is 0 Å². The molecule has 27 heavy (non-hydrogen) atoms. The van der Waals surface area contributed by atoms with E-state index < -0.39 is 11.7 Å². The van der Waals surface area contributed by atoms with Crippen LogP contribution >= 0.6 is 0 Å². The Morgan fingerprint density at radius 1 is 1.33 bits per heavy atom. The van der Waals surface area contributed by atoms with Gasteiger partial charge in [0, 0.05) is 42.4 Å². The van der Waals surface area contributed by atoms with Crippen LogP contribution in [0.1, 0.15) is 46.9 Å². The van der Waals surface area contributed by atoms with Crippen molar-refractivity contribution in [2.45, 2.75) is 46.0 Å². The van der Waals surface area contributed by atoms with Crippen molar-refractivity contribution < 1.29 is 18.0 Å². The van der Waals surface area contributed by atoms with Crippen molar-refractivity contribution >= 4 is 5.78 Å². The number of aryl methyl sites for hydroxylation is 1. The molecule has 1 aliphatic rings. The number of nitrogens with zero attached hydrogens (tertiary/aromatic N) is 3. The minimum Gasteiger partial charge on any atom is -0.298 e. The van der Waals surface area contributed by atoms with Crippen LogP contribution in [0.4, 0.5) is 13.2 Å². The molecule has 146 valence electrons. The van der Waals surface area contributed by atoms with Gasteiger partial charge in [-0.25, -0.2) is 0 Å². The Hall–Kier alpha value is -2.15. The minimum absolute atomic E-state index is 0.145. The molecule has 0 bridgehead atoms. The number of hydrogen-bond acceptors (Lipinski definition) is 3. The van der Waals surface area contributed by atoms with E-state index in [2.05, 4.69) is 10.00 Å². The average molecular weight is 379 g/mol. The van der Waals surface area contributed by atoms with Crippen molar-refractivity contribution in [3.63, 3.8) is 0 Å². The highest BCUT2D eigenvalue weighted by molar-refractivity contribution is 5.98. The Kier molecular flexibility index (Phi) is 5.69. The van der Waals surface area contributed by atoms with Gasteiger partial charge < -0.3 is 0 Å². The minimum atomic E-state index is -4.44. The van der Waals surface area contributed by atoms with E-state index in [0.29, 0.717) is 19.5 Å². The second kappa shape index (κ2) is 7.84. The number of piperidine rings is 1. The average Bonchev–Trinajstić information content (AvgIpc) is 3.00. The number of benzene rings is 1. The van der Waals surface area contributed by atoms with Gasteiger partial charge in [-0.2, -0.15) is 18.3 Å². The van der Waals surface area contributed by atoms with E-state index >= 15 is 0 Å². The highest BCUT2D eigenvalue weighted by Gasteiger charge is 2.32. The Balaban J connectivity index is 1.70. The van der Waals surface area contributed by atoms with Gasteiger partial charge in [0.15, 0.2) is 5.78 Å². The third-order valence-corrected chi connectivity index (χ3v) is 5.25. The predicted molar refractivity (Wildman–Crippen MR) is 96.4 cm³/mol. The van der Waals surface area contributed by atoms with E-state index in [4.69, 9.17) is 0 Å². The molecular weight excluding hydrogens is 355 g/mol. The molecule has 1 aliphatic heterocycles. The number of carbonyl (C=O) groups excluding carboxylic acids is 1. The fourth-order valence-corrected chi connectivity index (χ4v) is 3.70. The summed E-state index contributed by atoms with van der Waals surface area (Å²) in [5, 5.41) is 4.35. The second-order valence-electron chi connectivity index (χ2n) is 7.09. The molecule has 1 saturated heterocycles. The largest absolute Gasteiger partial charge is 0.416 e. The lowest BCUT2D eigenvalue weighted by molar-refractivity contribution is -0.137.